The lowest BCUT2D eigenvalue weighted by molar-refractivity contribution is 0.102. The van der Waals surface area contributed by atoms with E-state index in [0.717, 1.165) is 30.8 Å². The molecule has 0 unspecified atom stereocenters. The van der Waals surface area contributed by atoms with Crippen LogP contribution in [0, 0.1) is 0 Å². The number of rotatable bonds is 3. The number of benzene rings is 1. The van der Waals surface area contributed by atoms with Crippen molar-refractivity contribution in [3.8, 4) is 5.75 Å². The van der Waals surface area contributed by atoms with Crippen molar-refractivity contribution in [3.63, 3.8) is 0 Å². The van der Waals surface area contributed by atoms with E-state index >= 15 is 0 Å². The van der Waals surface area contributed by atoms with Gasteiger partial charge in [0.05, 0.1) is 12.8 Å². The van der Waals surface area contributed by atoms with Gasteiger partial charge in [0, 0.05) is 18.2 Å². The number of aromatic nitrogens is 2. The second kappa shape index (κ2) is 5.00. The minimum Gasteiger partial charge on any atom is -0.497 e. The van der Waals surface area contributed by atoms with Crippen molar-refractivity contribution in [1.29, 1.82) is 0 Å². The van der Waals surface area contributed by atoms with Crippen molar-refractivity contribution in [3.05, 3.63) is 41.1 Å². The van der Waals surface area contributed by atoms with E-state index in [0.29, 0.717) is 11.3 Å². The van der Waals surface area contributed by atoms with Gasteiger partial charge in [0.25, 0.3) is 5.91 Å². The second-order valence-electron chi connectivity index (χ2n) is 4.94. The summed E-state index contributed by atoms with van der Waals surface area (Å²) in [6.45, 7) is 0. The molecule has 0 fully saturated rings. The first-order valence-corrected chi connectivity index (χ1v) is 6.69. The van der Waals surface area contributed by atoms with Crippen LogP contribution in [0.1, 0.15) is 28.0 Å². The van der Waals surface area contributed by atoms with Crippen molar-refractivity contribution < 1.29 is 9.53 Å². The highest BCUT2D eigenvalue weighted by atomic mass is 16.5. The van der Waals surface area contributed by atoms with E-state index in [1.54, 1.807) is 30.0 Å². The number of carbonyl (C=O) groups excluding carboxylic acids is 1. The molecule has 1 heterocycles. The summed E-state index contributed by atoms with van der Waals surface area (Å²) >= 11 is 0. The Bertz CT molecular complexity index is 661. The lowest BCUT2D eigenvalue weighted by Gasteiger charge is -2.08. The molecular formula is C15H17N3O2. The summed E-state index contributed by atoms with van der Waals surface area (Å²) in [5.41, 5.74) is 2.86. The fourth-order valence-electron chi connectivity index (χ4n) is 2.62. The Kier molecular flexibility index (Phi) is 3.18. The summed E-state index contributed by atoms with van der Waals surface area (Å²) in [7, 11) is 3.45. The molecular weight excluding hydrogens is 254 g/mol. The van der Waals surface area contributed by atoms with Gasteiger partial charge in [-0.15, -0.1) is 0 Å². The Morgan fingerprint density at radius 1 is 1.40 bits per heavy atom. The van der Waals surface area contributed by atoms with E-state index in [1.165, 1.54) is 5.56 Å². The van der Waals surface area contributed by atoms with E-state index in [-0.39, 0.29) is 5.91 Å². The number of methoxy groups -OCH3 is 1. The molecule has 1 aliphatic carbocycles. The monoisotopic (exact) mass is 271 g/mol. The zero-order valence-electron chi connectivity index (χ0n) is 11.6. The number of ether oxygens (including phenoxy) is 1. The van der Waals surface area contributed by atoms with E-state index < -0.39 is 0 Å². The smallest absolute Gasteiger partial charge is 0.256 e. The summed E-state index contributed by atoms with van der Waals surface area (Å²) in [6.07, 6.45) is 3.09. The molecule has 1 aromatic carbocycles. The number of carbonyl (C=O) groups is 1. The second-order valence-corrected chi connectivity index (χ2v) is 4.94. The number of nitrogens with one attached hydrogen (secondary N) is 1. The van der Waals surface area contributed by atoms with Crippen LogP contribution in [0.3, 0.4) is 0 Å². The maximum absolute atomic E-state index is 12.3. The SMILES string of the molecule is COc1cccc(C(=O)Nc2c3c(nn2C)CCC3)c1. The van der Waals surface area contributed by atoms with Gasteiger partial charge in [0.2, 0.25) is 0 Å². The normalized spacial score (nSPS) is 13.1. The number of amides is 1. The molecule has 1 amide bonds. The first-order chi connectivity index (χ1) is 9.69. The molecule has 2 aromatic rings. The molecule has 5 nitrogen and oxygen atoms in total. The third-order valence-electron chi connectivity index (χ3n) is 3.63. The van der Waals surface area contributed by atoms with Gasteiger partial charge in [-0.1, -0.05) is 6.07 Å². The summed E-state index contributed by atoms with van der Waals surface area (Å²) in [6, 6.07) is 7.13. The third-order valence-corrected chi connectivity index (χ3v) is 3.63. The average Bonchev–Trinajstić information content (AvgIpc) is 3.02. The van der Waals surface area contributed by atoms with Gasteiger partial charge in [0.15, 0.2) is 0 Å². The van der Waals surface area contributed by atoms with Gasteiger partial charge < -0.3 is 10.1 Å². The summed E-state index contributed by atoms with van der Waals surface area (Å²) in [4.78, 5) is 12.3. The molecule has 3 rings (SSSR count). The fraction of sp³-hybridized carbons (Fsp3) is 0.333. The van der Waals surface area contributed by atoms with Crippen LogP contribution in [-0.2, 0) is 19.9 Å². The highest BCUT2D eigenvalue weighted by Gasteiger charge is 2.22. The maximum Gasteiger partial charge on any atom is 0.256 e. The van der Waals surface area contributed by atoms with E-state index in [4.69, 9.17) is 4.74 Å². The molecule has 0 aliphatic heterocycles. The molecule has 0 saturated carbocycles. The van der Waals surface area contributed by atoms with E-state index in [9.17, 15) is 4.79 Å². The van der Waals surface area contributed by atoms with Crippen LogP contribution < -0.4 is 10.1 Å². The number of hydrogen-bond donors (Lipinski definition) is 1. The predicted octanol–water partition coefficient (Wildman–Crippen LogP) is 2.17. The number of nitrogens with zero attached hydrogens (tertiary/aromatic N) is 2. The zero-order valence-corrected chi connectivity index (χ0v) is 11.6. The molecule has 5 heteroatoms. The first kappa shape index (κ1) is 12.7. The van der Waals surface area contributed by atoms with Crippen molar-refractivity contribution in [2.45, 2.75) is 19.3 Å². The summed E-state index contributed by atoms with van der Waals surface area (Å²) < 4.78 is 6.89. The number of aryl methyl sites for hydroxylation is 2. The number of hydrogen-bond acceptors (Lipinski definition) is 3. The molecule has 0 saturated heterocycles. The molecule has 1 N–H and O–H groups in total. The Labute approximate surface area is 117 Å². The lowest BCUT2D eigenvalue weighted by Crippen LogP contribution is -2.15. The summed E-state index contributed by atoms with van der Waals surface area (Å²) in [5.74, 6) is 1.35. The highest BCUT2D eigenvalue weighted by molar-refractivity contribution is 6.04. The average molecular weight is 271 g/mol. The van der Waals surface area contributed by atoms with Crippen LogP contribution in [0.5, 0.6) is 5.75 Å². The standard InChI is InChI=1S/C15H17N3O2/c1-18-14(12-7-4-8-13(12)17-18)16-15(19)10-5-3-6-11(9-10)20-2/h3,5-6,9H,4,7-8H2,1-2H3,(H,16,19). The number of fused-ring (bicyclic) bond motifs is 1. The Morgan fingerprint density at radius 2 is 2.25 bits per heavy atom. The lowest BCUT2D eigenvalue weighted by atomic mass is 10.2. The van der Waals surface area contributed by atoms with Gasteiger partial charge in [-0.05, 0) is 37.5 Å². The van der Waals surface area contributed by atoms with Crippen molar-refractivity contribution in [2.24, 2.45) is 7.05 Å². The minimum atomic E-state index is -0.137. The first-order valence-electron chi connectivity index (χ1n) is 6.69. The van der Waals surface area contributed by atoms with Crippen LogP contribution >= 0.6 is 0 Å². The van der Waals surface area contributed by atoms with Gasteiger partial charge >= 0.3 is 0 Å². The third kappa shape index (κ3) is 2.15. The van der Waals surface area contributed by atoms with E-state index in [2.05, 4.69) is 10.4 Å². The highest BCUT2D eigenvalue weighted by Crippen LogP contribution is 2.28. The molecule has 0 bridgehead atoms. The van der Waals surface area contributed by atoms with Gasteiger partial charge in [-0.2, -0.15) is 5.10 Å². The van der Waals surface area contributed by atoms with Crippen LogP contribution in [0.15, 0.2) is 24.3 Å². The quantitative estimate of drug-likeness (QED) is 0.930. The van der Waals surface area contributed by atoms with Gasteiger partial charge in [0.1, 0.15) is 11.6 Å². The van der Waals surface area contributed by atoms with Gasteiger partial charge in [-0.3, -0.25) is 9.48 Å². The molecule has 1 aromatic heterocycles. The van der Waals surface area contributed by atoms with Crippen LogP contribution in [-0.4, -0.2) is 22.8 Å². The predicted molar refractivity (Wildman–Crippen MR) is 76.2 cm³/mol. The molecule has 0 radical (unpaired) electrons. The van der Waals surface area contributed by atoms with Crippen LogP contribution in [0.25, 0.3) is 0 Å². The largest absolute Gasteiger partial charge is 0.497 e. The Morgan fingerprint density at radius 3 is 3.05 bits per heavy atom. The van der Waals surface area contributed by atoms with Crippen molar-refractivity contribution in [1.82, 2.24) is 9.78 Å². The van der Waals surface area contributed by atoms with E-state index in [1.807, 2.05) is 13.1 Å². The molecule has 20 heavy (non-hydrogen) atoms. The molecule has 0 atom stereocenters. The minimum absolute atomic E-state index is 0.137. The van der Waals surface area contributed by atoms with Gasteiger partial charge in [-0.25, -0.2) is 0 Å². The number of anilines is 1. The Balaban J connectivity index is 1.86. The van der Waals surface area contributed by atoms with Crippen molar-refractivity contribution in [2.75, 3.05) is 12.4 Å². The molecule has 1 aliphatic rings. The Hall–Kier alpha value is -2.30. The zero-order chi connectivity index (χ0) is 14.1. The van der Waals surface area contributed by atoms with Crippen LogP contribution in [0.2, 0.25) is 0 Å². The van der Waals surface area contributed by atoms with Crippen LogP contribution in [0.4, 0.5) is 5.82 Å². The summed E-state index contributed by atoms with van der Waals surface area (Å²) in [5, 5.41) is 7.41. The maximum atomic E-state index is 12.3. The molecule has 104 valence electrons. The fourth-order valence-corrected chi connectivity index (χ4v) is 2.62. The molecule has 0 spiro atoms. The van der Waals surface area contributed by atoms with Crippen molar-refractivity contribution >= 4 is 11.7 Å². The topological polar surface area (TPSA) is 56.1 Å².